The van der Waals surface area contributed by atoms with Gasteiger partial charge in [0.2, 0.25) is 0 Å². The molecule has 1 aromatic heterocycles. The maximum absolute atomic E-state index is 11.0. The summed E-state index contributed by atoms with van der Waals surface area (Å²) >= 11 is 0. The number of rotatable bonds is 4. The molecule has 0 aliphatic carbocycles. The fourth-order valence-electron chi connectivity index (χ4n) is 0.917. The zero-order chi connectivity index (χ0) is 10.7. The van der Waals surface area contributed by atoms with Crippen LogP contribution in [0.15, 0.2) is 10.9 Å². The Kier molecular flexibility index (Phi) is 2.70. The van der Waals surface area contributed by atoms with Gasteiger partial charge in [-0.15, -0.1) is 0 Å². The Morgan fingerprint density at radius 3 is 2.50 bits per heavy atom. The summed E-state index contributed by atoms with van der Waals surface area (Å²) in [7, 11) is 0. The van der Waals surface area contributed by atoms with Crippen molar-refractivity contribution in [2.45, 2.75) is 13.0 Å². The van der Waals surface area contributed by atoms with Gasteiger partial charge in [0.25, 0.3) is 5.56 Å². The van der Waals surface area contributed by atoms with Gasteiger partial charge in [0.15, 0.2) is 0 Å². The number of carboxylic acid groups (broad SMARTS) is 2. The average Bonchev–Trinajstić information content (AvgIpc) is 2.43. The third-order valence-corrected chi connectivity index (χ3v) is 1.57. The van der Waals surface area contributed by atoms with Gasteiger partial charge in [-0.1, -0.05) is 0 Å². The first kappa shape index (κ1) is 10.0. The standard InChI is InChI=1S/C7H8N2O5/c10-5-3-4(7(13)14)8-9(5)2-1-6(11)12/h3,8H,1-2H2,(H,11,12)(H,13,14). The zero-order valence-electron chi connectivity index (χ0n) is 7.06. The van der Waals surface area contributed by atoms with Gasteiger partial charge in [-0.3, -0.25) is 19.4 Å². The highest BCUT2D eigenvalue weighted by Gasteiger charge is 2.09. The summed E-state index contributed by atoms with van der Waals surface area (Å²) in [6, 6.07) is 0.907. The van der Waals surface area contributed by atoms with Gasteiger partial charge in [0.05, 0.1) is 13.0 Å². The van der Waals surface area contributed by atoms with Crippen LogP contribution >= 0.6 is 0 Å². The Bertz CT molecular complexity index is 416. The van der Waals surface area contributed by atoms with Crippen molar-refractivity contribution >= 4 is 11.9 Å². The van der Waals surface area contributed by atoms with E-state index in [9.17, 15) is 14.4 Å². The first-order chi connectivity index (χ1) is 6.50. The predicted octanol–water partition coefficient (Wildman–Crippen LogP) is -0.651. The number of H-pyrrole nitrogens is 1. The molecule has 76 valence electrons. The van der Waals surface area contributed by atoms with Crippen LogP contribution in [0.5, 0.6) is 0 Å². The SMILES string of the molecule is O=C(O)CCn1[nH]c(C(=O)O)cc1=O. The molecule has 0 saturated heterocycles. The highest BCUT2D eigenvalue weighted by molar-refractivity contribution is 5.85. The van der Waals surface area contributed by atoms with Crippen LogP contribution in [-0.2, 0) is 11.3 Å². The molecule has 1 aromatic rings. The molecule has 1 rings (SSSR count). The van der Waals surface area contributed by atoms with E-state index in [1.165, 1.54) is 0 Å². The molecule has 0 bridgehead atoms. The molecule has 0 unspecified atom stereocenters. The summed E-state index contributed by atoms with van der Waals surface area (Å²) in [5.74, 6) is -2.31. The lowest BCUT2D eigenvalue weighted by Gasteiger charge is -1.97. The second-order valence-electron chi connectivity index (χ2n) is 2.61. The topological polar surface area (TPSA) is 112 Å². The molecule has 7 nitrogen and oxygen atoms in total. The molecular weight excluding hydrogens is 192 g/mol. The number of nitrogens with one attached hydrogen (secondary N) is 1. The second-order valence-corrected chi connectivity index (χ2v) is 2.61. The highest BCUT2D eigenvalue weighted by atomic mass is 16.4. The number of hydrogen-bond acceptors (Lipinski definition) is 3. The van der Waals surface area contributed by atoms with Gasteiger partial charge in [0, 0.05) is 6.07 Å². The van der Waals surface area contributed by atoms with Crippen LogP contribution in [0.2, 0.25) is 0 Å². The lowest BCUT2D eigenvalue weighted by molar-refractivity contribution is -0.137. The molecule has 0 spiro atoms. The smallest absolute Gasteiger partial charge is 0.353 e. The third kappa shape index (κ3) is 2.22. The van der Waals surface area contributed by atoms with Crippen molar-refractivity contribution < 1.29 is 19.8 Å². The minimum absolute atomic E-state index is 0.0680. The van der Waals surface area contributed by atoms with Crippen molar-refractivity contribution in [3.8, 4) is 0 Å². The van der Waals surface area contributed by atoms with E-state index in [1.807, 2.05) is 0 Å². The Morgan fingerprint density at radius 1 is 1.43 bits per heavy atom. The van der Waals surface area contributed by atoms with Crippen molar-refractivity contribution in [3.05, 3.63) is 22.1 Å². The van der Waals surface area contributed by atoms with Crippen LogP contribution in [0, 0.1) is 0 Å². The maximum Gasteiger partial charge on any atom is 0.353 e. The van der Waals surface area contributed by atoms with E-state index in [-0.39, 0.29) is 18.7 Å². The van der Waals surface area contributed by atoms with Crippen LogP contribution in [0.25, 0.3) is 0 Å². The summed E-state index contributed by atoms with van der Waals surface area (Å²) in [6.45, 7) is -0.0680. The molecule has 0 saturated carbocycles. The van der Waals surface area contributed by atoms with Crippen molar-refractivity contribution in [1.29, 1.82) is 0 Å². The van der Waals surface area contributed by atoms with Gasteiger partial charge in [-0.25, -0.2) is 4.79 Å². The van der Waals surface area contributed by atoms with Crippen molar-refractivity contribution in [1.82, 2.24) is 9.78 Å². The summed E-state index contributed by atoms with van der Waals surface area (Å²) in [5.41, 5.74) is -0.802. The number of aromatic carboxylic acids is 1. The minimum Gasteiger partial charge on any atom is -0.481 e. The highest BCUT2D eigenvalue weighted by Crippen LogP contribution is 1.91. The van der Waals surface area contributed by atoms with Gasteiger partial charge in [0.1, 0.15) is 5.69 Å². The number of aliphatic carboxylic acids is 1. The van der Waals surface area contributed by atoms with Crippen LogP contribution in [0.1, 0.15) is 16.9 Å². The number of nitrogens with zero attached hydrogens (tertiary/aromatic N) is 1. The number of aryl methyl sites for hydroxylation is 1. The molecular formula is C7H8N2O5. The summed E-state index contributed by atoms with van der Waals surface area (Å²) in [6.07, 6.45) is -0.237. The molecule has 0 aliphatic heterocycles. The van der Waals surface area contributed by atoms with Crippen LogP contribution in [-0.4, -0.2) is 31.9 Å². The zero-order valence-corrected chi connectivity index (χ0v) is 7.06. The van der Waals surface area contributed by atoms with E-state index in [0.29, 0.717) is 0 Å². The van der Waals surface area contributed by atoms with E-state index in [4.69, 9.17) is 10.2 Å². The third-order valence-electron chi connectivity index (χ3n) is 1.57. The van der Waals surface area contributed by atoms with Crippen molar-refractivity contribution in [3.63, 3.8) is 0 Å². The molecule has 14 heavy (non-hydrogen) atoms. The van der Waals surface area contributed by atoms with E-state index in [1.54, 1.807) is 0 Å². The van der Waals surface area contributed by atoms with Gasteiger partial charge in [-0.2, -0.15) is 0 Å². The summed E-state index contributed by atoms with van der Waals surface area (Å²) < 4.78 is 0.942. The molecule has 0 aromatic carbocycles. The van der Waals surface area contributed by atoms with E-state index in [2.05, 4.69) is 5.10 Å². The number of carboxylic acids is 2. The van der Waals surface area contributed by atoms with E-state index < -0.39 is 17.5 Å². The molecule has 3 N–H and O–H groups in total. The van der Waals surface area contributed by atoms with Gasteiger partial charge in [-0.05, 0) is 0 Å². The van der Waals surface area contributed by atoms with Crippen LogP contribution in [0.3, 0.4) is 0 Å². The lowest BCUT2D eigenvalue weighted by atomic mass is 10.4. The molecule has 7 heteroatoms. The molecule has 1 heterocycles. The van der Waals surface area contributed by atoms with E-state index >= 15 is 0 Å². The Balaban J connectivity index is 2.83. The molecule has 0 atom stereocenters. The molecule has 0 aliphatic rings. The largest absolute Gasteiger partial charge is 0.481 e. The van der Waals surface area contributed by atoms with Crippen LogP contribution in [0.4, 0.5) is 0 Å². The first-order valence-corrected chi connectivity index (χ1v) is 3.75. The quantitative estimate of drug-likeness (QED) is 0.597. The summed E-state index contributed by atoms with van der Waals surface area (Å²) in [5, 5.41) is 19.1. The molecule has 0 radical (unpaired) electrons. The van der Waals surface area contributed by atoms with E-state index in [0.717, 1.165) is 10.7 Å². The monoisotopic (exact) mass is 200 g/mol. The van der Waals surface area contributed by atoms with Crippen molar-refractivity contribution in [2.24, 2.45) is 0 Å². The Morgan fingerprint density at radius 2 is 2.07 bits per heavy atom. The fourth-order valence-corrected chi connectivity index (χ4v) is 0.917. The maximum atomic E-state index is 11.0. The predicted molar refractivity (Wildman–Crippen MR) is 44.3 cm³/mol. The number of aromatic nitrogens is 2. The van der Waals surface area contributed by atoms with Gasteiger partial charge < -0.3 is 10.2 Å². The number of aromatic amines is 1. The normalized spacial score (nSPS) is 10.0. The Hall–Kier alpha value is -2.05. The molecule has 0 amide bonds. The second kappa shape index (κ2) is 3.77. The summed E-state index contributed by atoms with van der Waals surface area (Å²) in [4.78, 5) is 31.6. The fraction of sp³-hybridized carbons (Fsp3) is 0.286. The van der Waals surface area contributed by atoms with Crippen LogP contribution < -0.4 is 5.56 Å². The van der Waals surface area contributed by atoms with Crippen molar-refractivity contribution in [2.75, 3.05) is 0 Å². The lowest BCUT2D eigenvalue weighted by Crippen LogP contribution is -2.17. The van der Waals surface area contributed by atoms with Gasteiger partial charge >= 0.3 is 11.9 Å². The minimum atomic E-state index is -1.25. The number of hydrogen-bond donors (Lipinski definition) is 3. The number of carbonyl (C=O) groups is 2. The Labute approximate surface area is 77.6 Å². The average molecular weight is 200 g/mol. The molecule has 0 fully saturated rings. The first-order valence-electron chi connectivity index (χ1n) is 3.75.